The van der Waals surface area contributed by atoms with Gasteiger partial charge >= 0.3 is 0 Å². The molecule has 1 saturated heterocycles. The van der Waals surface area contributed by atoms with E-state index in [0.717, 1.165) is 0 Å². The SMILES string of the molecule is N#Cc1ccccc1S(=O)(=O)N1CCC(C(=O)NC(C(N)=O)c2ccccc2)CC1. The van der Waals surface area contributed by atoms with Crippen molar-refractivity contribution in [1.29, 1.82) is 5.26 Å². The molecule has 156 valence electrons. The summed E-state index contributed by atoms with van der Waals surface area (Å²) in [5, 5.41) is 11.9. The number of carbonyl (C=O) groups is 2. The summed E-state index contributed by atoms with van der Waals surface area (Å²) in [7, 11) is -3.83. The van der Waals surface area contributed by atoms with E-state index >= 15 is 0 Å². The molecule has 2 aromatic rings. The number of piperidine rings is 1. The Morgan fingerprint density at radius 2 is 1.67 bits per heavy atom. The highest BCUT2D eigenvalue weighted by Gasteiger charge is 2.34. The summed E-state index contributed by atoms with van der Waals surface area (Å²) in [6.07, 6.45) is 0.611. The van der Waals surface area contributed by atoms with Crippen LogP contribution < -0.4 is 11.1 Å². The predicted octanol–water partition coefficient (Wildman–Crippen LogP) is 1.30. The molecular weight excluding hydrogens is 404 g/mol. The lowest BCUT2D eigenvalue weighted by Crippen LogP contribution is -2.45. The smallest absolute Gasteiger partial charge is 0.244 e. The maximum absolute atomic E-state index is 12.9. The molecule has 3 rings (SSSR count). The second-order valence-corrected chi connectivity index (χ2v) is 8.95. The average molecular weight is 426 g/mol. The summed E-state index contributed by atoms with van der Waals surface area (Å²) in [5.41, 5.74) is 6.13. The summed E-state index contributed by atoms with van der Waals surface area (Å²) in [4.78, 5) is 24.5. The van der Waals surface area contributed by atoms with Gasteiger partial charge in [0.1, 0.15) is 12.1 Å². The lowest BCUT2D eigenvalue weighted by Gasteiger charge is -2.31. The van der Waals surface area contributed by atoms with Crippen LogP contribution in [0.4, 0.5) is 0 Å². The van der Waals surface area contributed by atoms with Crippen LogP contribution in [0.25, 0.3) is 0 Å². The summed E-state index contributed by atoms with van der Waals surface area (Å²) in [6.45, 7) is 0.291. The van der Waals surface area contributed by atoms with Crippen molar-refractivity contribution in [2.24, 2.45) is 11.7 Å². The zero-order valence-corrected chi connectivity index (χ0v) is 17.0. The number of nitrogens with one attached hydrogen (secondary N) is 1. The van der Waals surface area contributed by atoms with Gasteiger partial charge in [-0.1, -0.05) is 42.5 Å². The highest BCUT2D eigenvalue weighted by atomic mass is 32.2. The molecule has 1 fully saturated rings. The maximum atomic E-state index is 12.9. The summed E-state index contributed by atoms with van der Waals surface area (Å²) in [6, 6.07) is 15.7. The molecule has 8 nitrogen and oxygen atoms in total. The molecule has 1 aliphatic heterocycles. The number of primary amides is 1. The van der Waals surface area contributed by atoms with Gasteiger partial charge in [0.15, 0.2) is 0 Å². The Balaban J connectivity index is 1.67. The number of hydrogen-bond donors (Lipinski definition) is 2. The van der Waals surface area contributed by atoms with Gasteiger partial charge in [-0.25, -0.2) is 8.42 Å². The van der Waals surface area contributed by atoms with Gasteiger partial charge in [0.25, 0.3) is 0 Å². The van der Waals surface area contributed by atoms with E-state index in [1.165, 1.54) is 16.4 Å². The van der Waals surface area contributed by atoms with Gasteiger partial charge in [0, 0.05) is 19.0 Å². The zero-order chi connectivity index (χ0) is 21.7. The van der Waals surface area contributed by atoms with Crippen molar-refractivity contribution in [3.63, 3.8) is 0 Å². The Kier molecular flexibility index (Phi) is 6.50. The third-order valence-corrected chi connectivity index (χ3v) is 7.11. The molecule has 9 heteroatoms. The van der Waals surface area contributed by atoms with Crippen molar-refractivity contribution in [3.8, 4) is 6.07 Å². The molecule has 0 bridgehead atoms. The molecule has 3 N–H and O–H groups in total. The van der Waals surface area contributed by atoms with Crippen molar-refractivity contribution in [1.82, 2.24) is 9.62 Å². The Morgan fingerprint density at radius 3 is 2.27 bits per heavy atom. The normalized spacial score (nSPS) is 16.4. The number of benzene rings is 2. The Hall–Kier alpha value is -3.22. The number of nitriles is 1. The molecule has 0 saturated carbocycles. The van der Waals surface area contributed by atoms with E-state index in [2.05, 4.69) is 5.32 Å². The molecule has 30 heavy (non-hydrogen) atoms. The topological polar surface area (TPSA) is 133 Å². The lowest BCUT2D eigenvalue weighted by molar-refractivity contribution is -0.130. The molecule has 1 aliphatic rings. The molecular formula is C21H22N4O4S. The second-order valence-electron chi connectivity index (χ2n) is 7.04. The van der Waals surface area contributed by atoms with Crippen molar-refractivity contribution in [3.05, 3.63) is 65.7 Å². The quantitative estimate of drug-likeness (QED) is 0.718. The van der Waals surface area contributed by atoms with Crippen LogP contribution in [0.15, 0.2) is 59.5 Å². The Labute approximate surface area is 175 Å². The van der Waals surface area contributed by atoms with E-state index < -0.39 is 27.9 Å². The predicted molar refractivity (Wildman–Crippen MR) is 109 cm³/mol. The number of rotatable bonds is 6. The van der Waals surface area contributed by atoms with Crippen LogP contribution in [0, 0.1) is 17.2 Å². The van der Waals surface area contributed by atoms with Crippen molar-refractivity contribution in [2.45, 2.75) is 23.8 Å². The number of amides is 2. The molecule has 1 heterocycles. The van der Waals surface area contributed by atoms with E-state index in [1.54, 1.807) is 42.5 Å². The van der Waals surface area contributed by atoms with Crippen LogP contribution >= 0.6 is 0 Å². The first-order chi connectivity index (χ1) is 14.3. The van der Waals surface area contributed by atoms with Gasteiger partial charge in [0.2, 0.25) is 21.8 Å². The standard InChI is InChI=1S/C21H22N4O4S/c22-14-17-8-4-5-9-18(17)30(28,29)25-12-10-16(11-13-25)21(27)24-19(20(23)26)15-6-2-1-3-7-15/h1-9,16,19H,10-13H2,(H2,23,26)(H,24,27). The minimum absolute atomic E-state index is 0.0340. The first-order valence-corrected chi connectivity index (χ1v) is 10.9. The van der Waals surface area contributed by atoms with Gasteiger partial charge < -0.3 is 11.1 Å². The van der Waals surface area contributed by atoms with Gasteiger partial charge in [-0.15, -0.1) is 0 Å². The number of carbonyl (C=O) groups excluding carboxylic acids is 2. The summed E-state index contributed by atoms with van der Waals surface area (Å²) in [5.74, 6) is -1.44. The Bertz CT molecular complexity index is 1070. The second kappa shape index (κ2) is 9.07. The number of nitrogens with zero attached hydrogens (tertiary/aromatic N) is 2. The monoisotopic (exact) mass is 426 g/mol. The fourth-order valence-electron chi connectivity index (χ4n) is 3.51. The van der Waals surface area contributed by atoms with Gasteiger partial charge in [-0.2, -0.15) is 9.57 Å². The first-order valence-electron chi connectivity index (χ1n) is 9.48. The third-order valence-electron chi connectivity index (χ3n) is 5.15. The molecule has 2 amide bonds. The molecule has 0 aliphatic carbocycles. The van der Waals surface area contributed by atoms with Gasteiger partial charge in [-0.05, 0) is 30.5 Å². The number of hydrogen-bond acceptors (Lipinski definition) is 5. The summed E-state index contributed by atoms with van der Waals surface area (Å²) >= 11 is 0. The number of nitrogens with two attached hydrogens (primary N) is 1. The van der Waals surface area contributed by atoms with Crippen LogP contribution in [0.1, 0.15) is 30.0 Å². The Morgan fingerprint density at radius 1 is 1.07 bits per heavy atom. The molecule has 0 radical (unpaired) electrons. The largest absolute Gasteiger partial charge is 0.368 e. The molecule has 0 aromatic heterocycles. The van der Waals surface area contributed by atoms with Crippen LogP contribution in [-0.4, -0.2) is 37.6 Å². The highest BCUT2D eigenvalue weighted by molar-refractivity contribution is 7.89. The fraction of sp³-hybridized carbons (Fsp3) is 0.286. The molecule has 1 atom stereocenters. The van der Waals surface area contributed by atoms with Crippen molar-refractivity contribution >= 4 is 21.8 Å². The minimum atomic E-state index is -3.83. The van der Waals surface area contributed by atoms with Gasteiger partial charge in [0.05, 0.1) is 10.5 Å². The van der Waals surface area contributed by atoms with E-state index in [1.807, 2.05) is 6.07 Å². The third kappa shape index (κ3) is 4.50. The van der Waals surface area contributed by atoms with Crippen LogP contribution in [0.3, 0.4) is 0 Å². The van der Waals surface area contributed by atoms with Crippen LogP contribution in [0.2, 0.25) is 0 Å². The van der Waals surface area contributed by atoms with E-state index in [9.17, 15) is 23.3 Å². The maximum Gasteiger partial charge on any atom is 0.244 e. The molecule has 0 spiro atoms. The van der Waals surface area contributed by atoms with E-state index in [-0.39, 0.29) is 29.5 Å². The van der Waals surface area contributed by atoms with Crippen molar-refractivity contribution < 1.29 is 18.0 Å². The van der Waals surface area contributed by atoms with E-state index in [4.69, 9.17) is 5.73 Å². The van der Waals surface area contributed by atoms with E-state index in [0.29, 0.717) is 18.4 Å². The summed E-state index contributed by atoms with van der Waals surface area (Å²) < 4.78 is 27.1. The lowest BCUT2D eigenvalue weighted by atomic mass is 9.96. The molecule has 1 unspecified atom stereocenters. The van der Waals surface area contributed by atoms with Crippen molar-refractivity contribution in [2.75, 3.05) is 13.1 Å². The first kappa shape index (κ1) is 21.5. The van der Waals surface area contributed by atoms with Crippen LogP contribution in [0.5, 0.6) is 0 Å². The fourth-order valence-corrected chi connectivity index (χ4v) is 5.12. The average Bonchev–Trinajstić information content (AvgIpc) is 2.77. The minimum Gasteiger partial charge on any atom is -0.368 e. The zero-order valence-electron chi connectivity index (χ0n) is 16.2. The van der Waals surface area contributed by atoms with Gasteiger partial charge in [-0.3, -0.25) is 9.59 Å². The highest BCUT2D eigenvalue weighted by Crippen LogP contribution is 2.26. The number of sulfonamides is 1. The van der Waals surface area contributed by atoms with Crippen LogP contribution in [-0.2, 0) is 19.6 Å². The molecule has 2 aromatic carbocycles.